The van der Waals surface area contributed by atoms with Gasteiger partial charge in [0.1, 0.15) is 0 Å². The van der Waals surface area contributed by atoms with Gasteiger partial charge < -0.3 is 24.8 Å². The topological polar surface area (TPSA) is 0 Å². The first-order chi connectivity index (χ1) is 17.5. The van der Waals surface area contributed by atoms with E-state index >= 15 is 0 Å². The summed E-state index contributed by atoms with van der Waals surface area (Å²) in [4.78, 5) is 0. The van der Waals surface area contributed by atoms with Gasteiger partial charge in [0.15, 0.2) is 0 Å². The van der Waals surface area contributed by atoms with E-state index in [2.05, 4.69) is 102 Å². The molecule has 0 aliphatic heterocycles. The van der Waals surface area contributed by atoms with Crippen LogP contribution in [0.15, 0.2) is 48.1 Å². The van der Waals surface area contributed by atoms with E-state index in [0.29, 0.717) is 5.92 Å². The first kappa shape index (κ1) is 32.3. The molecule has 1 unspecified atom stereocenters. The Balaban J connectivity index is 0.000000218. The van der Waals surface area contributed by atoms with Gasteiger partial charge in [-0.3, -0.25) is 12.2 Å². The molecule has 7 rings (SSSR count). The van der Waals surface area contributed by atoms with Crippen LogP contribution in [0.25, 0.3) is 23.3 Å². The summed E-state index contributed by atoms with van der Waals surface area (Å²) in [5.41, 5.74) is 13.0. The average Bonchev–Trinajstić information content (AvgIpc) is 3.57. The van der Waals surface area contributed by atoms with Crippen LogP contribution in [0.1, 0.15) is 107 Å². The normalized spacial score (nSPS) is 21.2. The van der Waals surface area contributed by atoms with E-state index in [-0.39, 0.29) is 35.6 Å². The van der Waals surface area contributed by atoms with Crippen LogP contribution in [0, 0.1) is 18.1 Å². The standard InChI is InChI=1S/C23H21.C7H9.C6H10.2ClH.Zr/c1-22(2)7-5-14-10-18-16(12-20(14)22)9-17-13-21-15(11-19(17)18)6-8-23(21,3)4;1-6-3-4-7(2)5-6;1-2-4-6-5-3-1;;;/h5-7,10-13H,9H2,1-4H3;3,5,7H,1-2H3;1-5H2;2*1H;/q2*-1;;;;+2/p-2. The molecule has 0 aromatic heterocycles. The first-order valence-corrected chi connectivity index (χ1v) is 15.3. The Kier molecular flexibility index (Phi) is 10.5. The number of allylic oxidation sites excluding steroid dienone is 6. The molecule has 0 radical (unpaired) electrons. The van der Waals surface area contributed by atoms with E-state index in [1.54, 1.807) is 27.4 Å². The van der Waals surface area contributed by atoms with Crippen molar-refractivity contribution in [1.82, 2.24) is 0 Å². The molecule has 5 aliphatic carbocycles. The Morgan fingerprint density at radius 2 is 1.44 bits per heavy atom. The molecular formula is C36H40Cl2Zr-2. The predicted molar refractivity (Wildman–Crippen MR) is 156 cm³/mol. The van der Waals surface area contributed by atoms with Crippen LogP contribution >= 0.6 is 0 Å². The van der Waals surface area contributed by atoms with Crippen molar-refractivity contribution < 1.29 is 49.0 Å². The van der Waals surface area contributed by atoms with Crippen LogP contribution in [0.4, 0.5) is 0 Å². The fourth-order valence-corrected chi connectivity index (χ4v) is 7.00. The van der Waals surface area contributed by atoms with E-state index in [4.69, 9.17) is 0 Å². The van der Waals surface area contributed by atoms with Crippen LogP contribution < -0.4 is 24.8 Å². The fraction of sp³-hybridized carbons (Fsp3) is 0.417. The maximum atomic E-state index is 3.50. The predicted octanol–water partition coefficient (Wildman–Crippen LogP) is 3.29. The molecule has 0 N–H and O–H groups in total. The van der Waals surface area contributed by atoms with Crippen molar-refractivity contribution in [2.45, 2.75) is 90.9 Å². The minimum atomic E-state index is 0. The second kappa shape index (κ2) is 12.7. The maximum absolute atomic E-state index is 3.50. The Labute approximate surface area is 264 Å². The number of benzene rings is 2. The zero-order valence-electron chi connectivity index (χ0n) is 24.3. The minimum absolute atomic E-state index is 0. The number of halogens is 2. The molecule has 0 nitrogen and oxygen atoms in total. The summed E-state index contributed by atoms with van der Waals surface area (Å²) >= 11 is 1.69. The zero-order valence-corrected chi connectivity index (χ0v) is 28.2. The van der Waals surface area contributed by atoms with Crippen molar-refractivity contribution >= 4 is 15.4 Å². The molecular weight excluding hydrogens is 595 g/mol. The molecule has 39 heavy (non-hydrogen) atoms. The third-order valence-corrected chi connectivity index (χ3v) is 9.63. The number of fused-ring (bicyclic) bond motifs is 5. The molecule has 1 saturated carbocycles. The third kappa shape index (κ3) is 6.97. The quantitative estimate of drug-likeness (QED) is 0.333. The number of hydrogen-bond donors (Lipinski definition) is 0. The third-order valence-electron chi connectivity index (χ3n) is 8.40. The molecule has 1 fully saturated rings. The number of rotatable bonds is 0. The van der Waals surface area contributed by atoms with E-state index in [1.807, 2.05) is 6.08 Å². The van der Waals surface area contributed by atoms with E-state index in [0.717, 1.165) is 6.42 Å². The van der Waals surface area contributed by atoms with Crippen molar-refractivity contribution in [3.63, 3.8) is 0 Å². The second-order valence-corrected chi connectivity index (χ2v) is 14.3. The van der Waals surface area contributed by atoms with E-state index in [9.17, 15) is 0 Å². The van der Waals surface area contributed by atoms with Crippen molar-refractivity contribution in [3.8, 4) is 11.1 Å². The van der Waals surface area contributed by atoms with Crippen LogP contribution in [-0.4, -0.2) is 3.21 Å². The molecule has 2 aromatic rings. The van der Waals surface area contributed by atoms with Gasteiger partial charge in [0.05, 0.1) is 0 Å². The summed E-state index contributed by atoms with van der Waals surface area (Å²) < 4.78 is 1.80. The summed E-state index contributed by atoms with van der Waals surface area (Å²) in [5, 5.41) is 0. The van der Waals surface area contributed by atoms with Crippen molar-refractivity contribution in [2.75, 3.05) is 0 Å². The SMILES string of the molecule is CC1(C)[C-]=Cc2cc3c(cc21)Cc1cc2c(cc1-3)C=CC2(C)C.CC1=CC(C)[C-]=C1.[Cl-].[Cl-].[Zr+2]=[C]1CCCCC1. The molecule has 0 spiro atoms. The summed E-state index contributed by atoms with van der Waals surface area (Å²) in [6.45, 7) is 13.4. The van der Waals surface area contributed by atoms with Gasteiger partial charge in [-0.15, -0.1) is 18.6 Å². The second-order valence-electron chi connectivity index (χ2n) is 12.5. The van der Waals surface area contributed by atoms with Gasteiger partial charge in [0, 0.05) is 5.41 Å². The Hall–Kier alpha value is -1.27. The molecule has 0 bridgehead atoms. The van der Waals surface area contributed by atoms with E-state index in [1.165, 1.54) is 82.2 Å². The molecule has 0 saturated heterocycles. The fourth-order valence-electron chi connectivity index (χ4n) is 6.13. The molecule has 204 valence electrons. The molecule has 3 heteroatoms. The van der Waals surface area contributed by atoms with E-state index < -0.39 is 0 Å². The summed E-state index contributed by atoms with van der Waals surface area (Å²) in [6, 6.07) is 9.66. The Bertz CT molecular complexity index is 1280. The molecule has 0 heterocycles. The van der Waals surface area contributed by atoms with Crippen LogP contribution in [0.3, 0.4) is 0 Å². The van der Waals surface area contributed by atoms with Gasteiger partial charge in [0.25, 0.3) is 0 Å². The first-order valence-electron chi connectivity index (χ1n) is 14.0. The molecule has 1 atom stereocenters. The van der Waals surface area contributed by atoms with Gasteiger partial charge in [0.2, 0.25) is 0 Å². The summed E-state index contributed by atoms with van der Waals surface area (Å²) in [6.07, 6.45) is 26.1. The molecule has 5 aliphatic rings. The Morgan fingerprint density at radius 1 is 0.821 bits per heavy atom. The van der Waals surface area contributed by atoms with Gasteiger partial charge in [-0.25, -0.2) is 17.7 Å². The van der Waals surface area contributed by atoms with Gasteiger partial charge in [-0.05, 0) is 45.9 Å². The van der Waals surface area contributed by atoms with Crippen molar-refractivity contribution in [3.05, 3.63) is 93.6 Å². The van der Waals surface area contributed by atoms with Crippen LogP contribution in [0.2, 0.25) is 0 Å². The van der Waals surface area contributed by atoms with Crippen molar-refractivity contribution in [1.29, 1.82) is 0 Å². The van der Waals surface area contributed by atoms with Crippen LogP contribution in [0.5, 0.6) is 0 Å². The molecule has 2 aromatic carbocycles. The van der Waals surface area contributed by atoms with Gasteiger partial charge in [-0.1, -0.05) is 70.2 Å². The van der Waals surface area contributed by atoms with Gasteiger partial charge >= 0.3 is 59.5 Å². The average molecular weight is 635 g/mol. The number of hydrogen-bond acceptors (Lipinski definition) is 0. The van der Waals surface area contributed by atoms with Crippen molar-refractivity contribution in [2.24, 2.45) is 5.92 Å². The molecule has 0 amide bonds. The van der Waals surface area contributed by atoms with Crippen LogP contribution in [-0.2, 0) is 41.5 Å². The monoisotopic (exact) mass is 632 g/mol. The summed E-state index contributed by atoms with van der Waals surface area (Å²) in [5.74, 6) is 0.556. The summed E-state index contributed by atoms with van der Waals surface area (Å²) in [7, 11) is 0. The van der Waals surface area contributed by atoms with Gasteiger partial charge in [-0.2, -0.15) is 11.6 Å². The Morgan fingerprint density at radius 3 is 1.95 bits per heavy atom. The zero-order chi connectivity index (χ0) is 26.4.